The van der Waals surface area contributed by atoms with Crippen molar-refractivity contribution in [3.63, 3.8) is 0 Å². The van der Waals surface area contributed by atoms with Crippen LogP contribution in [0.25, 0.3) is 22.7 Å². The fourth-order valence-corrected chi connectivity index (χ4v) is 4.18. The molecule has 2 aromatic carbocycles. The molecule has 0 aliphatic carbocycles. The van der Waals surface area contributed by atoms with Gasteiger partial charge in [0.15, 0.2) is 5.13 Å². The molecule has 7 nitrogen and oxygen atoms in total. The number of aromatic nitrogens is 3. The van der Waals surface area contributed by atoms with Gasteiger partial charge in [0.1, 0.15) is 5.75 Å². The molecule has 0 radical (unpaired) electrons. The molecule has 0 saturated carbocycles. The molecule has 2 heterocycles. The summed E-state index contributed by atoms with van der Waals surface area (Å²) in [5.41, 5.74) is 2.59. The minimum atomic E-state index is -0.192. The number of ether oxygens (including phenoxy) is 1. The molecule has 31 heavy (non-hydrogen) atoms. The summed E-state index contributed by atoms with van der Waals surface area (Å²) >= 11 is 5.97. The first-order chi connectivity index (χ1) is 15.1. The molecule has 0 atom stereocenters. The average Bonchev–Trinajstić information content (AvgIpc) is 3.44. The van der Waals surface area contributed by atoms with Crippen LogP contribution < -0.4 is 10.1 Å². The third-order valence-corrected chi connectivity index (χ3v) is 6.14. The third kappa shape index (κ3) is 5.72. The molecule has 4 rings (SSSR count). The first-order valence-electron chi connectivity index (χ1n) is 9.31. The molecule has 158 valence electrons. The number of nitrogens with one attached hydrogen (secondary N) is 1. The molecule has 2 aromatic heterocycles. The summed E-state index contributed by atoms with van der Waals surface area (Å²) in [7, 11) is 0. The molecule has 0 bridgehead atoms. The highest BCUT2D eigenvalue weighted by atomic mass is 79.9. The monoisotopic (exact) mass is 516 g/mol. The third-order valence-electron chi connectivity index (χ3n) is 4.04. The maximum absolute atomic E-state index is 12.3. The number of benzene rings is 2. The molecule has 0 aliphatic rings. The van der Waals surface area contributed by atoms with E-state index in [1.807, 2.05) is 60.8 Å². The van der Waals surface area contributed by atoms with Gasteiger partial charge in [-0.1, -0.05) is 39.8 Å². The quantitative estimate of drug-likeness (QED) is 0.298. The topological polar surface area (TPSA) is 90.1 Å². The van der Waals surface area contributed by atoms with Crippen molar-refractivity contribution in [1.82, 2.24) is 15.2 Å². The number of halogens is 1. The van der Waals surface area contributed by atoms with E-state index in [9.17, 15) is 4.79 Å². The fraction of sp³-hybridized carbons (Fsp3) is 0.143. The second-order valence-corrected chi connectivity index (χ2v) is 8.91. The number of thioether (sulfide) groups is 1. The number of carbonyl (C=O) groups is 1. The van der Waals surface area contributed by atoms with E-state index in [2.05, 4.69) is 36.4 Å². The number of hydrogen-bond acceptors (Lipinski definition) is 8. The Morgan fingerprint density at radius 2 is 1.87 bits per heavy atom. The van der Waals surface area contributed by atoms with Crippen LogP contribution in [0.1, 0.15) is 6.92 Å². The number of nitrogens with zero attached hydrogens (tertiary/aromatic N) is 3. The van der Waals surface area contributed by atoms with E-state index in [1.54, 1.807) is 0 Å². The number of hydrogen-bond donors (Lipinski definition) is 1. The van der Waals surface area contributed by atoms with Crippen molar-refractivity contribution >= 4 is 50.1 Å². The molecule has 1 N–H and O–H groups in total. The van der Waals surface area contributed by atoms with Gasteiger partial charge >= 0.3 is 0 Å². The van der Waals surface area contributed by atoms with Crippen LogP contribution in [0, 0.1) is 0 Å². The Labute approximate surface area is 195 Å². The highest BCUT2D eigenvalue weighted by Crippen LogP contribution is 2.27. The van der Waals surface area contributed by atoms with Crippen LogP contribution in [-0.4, -0.2) is 33.4 Å². The lowest BCUT2D eigenvalue weighted by Crippen LogP contribution is -2.13. The highest BCUT2D eigenvalue weighted by Gasteiger charge is 2.13. The van der Waals surface area contributed by atoms with Crippen molar-refractivity contribution in [2.75, 3.05) is 17.7 Å². The molecule has 0 unspecified atom stereocenters. The normalized spacial score (nSPS) is 10.8. The van der Waals surface area contributed by atoms with E-state index in [1.165, 1.54) is 23.1 Å². The van der Waals surface area contributed by atoms with Gasteiger partial charge in [0, 0.05) is 21.0 Å². The summed E-state index contributed by atoms with van der Waals surface area (Å²) in [6.07, 6.45) is 0. The van der Waals surface area contributed by atoms with E-state index in [4.69, 9.17) is 9.15 Å². The van der Waals surface area contributed by atoms with Gasteiger partial charge in [-0.25, -0.2) is 4.98 Å². The Morgan fingerprint density at radius 1 is 1.13 bits per heavy atom. The second kappa shape index (κ2) is 10.1. The van der Waals surface area contributed by atoms with E-state index in [-0.39, 0.29) is 11.7 Å². The van der Waals surface area contributed by atoms with Crippen molar-refractivity contribution in [2.45, 2.75) is 12.1 Å². The Balaban J connectivity index is 1.31. The molecular weight excluding hydrogens is 500 g/mol. The van der Waals surface area contributed by atoms with Gasteiger partial charge in [-0.2, -0.15) is 0 Å². The van der Waals surface area contributed by atoms with Gasteiger partial charge in [0.25, 0.3) is 5.22 Å². The van der Waals surface area contributed by atoms with Gasteiger partial charge in [0.05, 0.1) is 18.1 Å². The number of thiazole rings is 1. The fourth-order valence-electron chi connectivity index (χ4n) is 2.61. The van der Waals surface area contributed by atoms with Gasteiger partial charge in [-0.3, -0.25) is 4.79 Å². The Kier molecular flexibility index (Phi) is 7.00. The van der Waals surface area contributed by atoms with Gasteiger partial charge < -0.3 is 14.5 Å². The standard InChI is InChI=1S/C21H17BrN4O3S2/c1-2-28-16-9-5-14(6-10-16)19-25-26-21(29-19)31-12-18(27)24-20-23-17(11-30-20)13-3-7-15(22)8-4-13/h3-11H,2,12H2,1H3,(H,23,24,27). The summed E-state index contributed by atoms with van der Waals surface area (Å²) in [6.45, 7) is 2.54. The molecule has 0 spiro atoms. The molecular formula is C21H17BrN4O3S2. The minimum Gasteiger partial charge on any atom is -0.494 e. The first kappa shape index (κ1) is 21.5. The van der Waals surface area contributed by atoms with Crippen molar-refractivity contribution in [3.8, 4) is 28.5 Å². The molecule has 1 amide bonds. The largest absolute Gasteiger partial charge is 0.494 e. The van der Waals surface area contributed by atoms with Crippen molar-refractivity contribution in [2.24, 2.45) is 0 Å². The summed E-state index contributed by atoms with van der Waals surface area (Å²) in [4.78, 5) is 16.7. The van der Waals surface area contributed by atoms with Crippen molar-refractivity contribution in [3.05, 3.63) is 58.4 Å². The second-order valence-electron chi connectivity index (χ2n) is 6.21. The lowest BCUT2D eigenvalue weighted by Gasteiger charge is -2.02. The van der Waals surface area contributed by atoms with Crippen LogP contribution in [0.5, 0.6) is 5.75 Å². The van der Waals surface area contributed by atoms with Crippen LogP contribution in [0.2, 0.25) is 0 Å². The highest BCUT2D eigenvalue weighted by molar-refractivity contribution is 9.10. The SMILES string of the molecule is CCOc1ccc(-c2nnc(SCC(=O)Nc3nc(-c4ccc(Br)cc4)cs3)o2)cc1. The van der Waals surface area contributed by atoms with Crippen molar-refractivity contribution < 1.29 is 13.9 Å². The molecule has 0 saturated heterocycles. The molecule has 10 heteroatoms. The maximum Gasteiger partial charge on any atom is 0.277 e. The summed E-state index contributed by atoms with van der Waals surface area (Å²) < 4.78 is 12.1. The Morgan fingerprint density at radius 3 is 2.61 bits per heavy atom. The average molecular weight is 517 g/mol. The lowest BCUT2D eigenvalue weighted by molar-refractivity contribution is -0.113. The smallest absolute Gasteiger partial charge is 0.277 e. The van der Waals surface area contributed by atoms with E-state index in [0.717, 1.165) is 27.0 Å². The lowest BCUT2D eigenvalue weighted by atomic mass is 10.2. The first-order valence-corrected chi connectivity index (χ1v) is 12.0. The molecule has 0 aliphatic heterocycles. The number of amides is 1. The van der Waals surface area contributed by atoms with E-state index < -0.39 is 0 Å². The zero-order valence-corrected chi connectivity index (χ0v) is 19.6. The Bertz CT molecular complexity index is 1160. The zero-order chi connectivity index (χ0) is 21.6. The van der Waals surface area contributed by atoms with Crippen LogP contribution in [0.15, 0.2) is 68.0 Å². The van der Waals surface area contributed by atoms with E-state index >= 15 is 0 Å². The predicted molar refractivity (Wildman–Crippen MR) is 126 cm³/mol. The van der Waals surface area contributed by atoms with Gasteiger partial charge in [0.2, 0.25) is 11.8 Å². The Hall–Kier alpha value is -2.69. The van der Waals surface area contributed by atoms with Crippen LogP contribution in [-0.2, 0) is 4.79 Å². The summed E-state index contributed by atoms with van der Waals surface area (Å²) in [6, 6.07) is 15.2. The molecule has 4 aromatic rings. The zero-order valence-electron chi connectivity index (χ0n) is 16.4. The van der Waals surface area contributed by atoms with E-state index in [0.29, 0.717) is 22.9 Å². The van der Waals surface area contributed by atoms with Crippen LogP contribution in [0.3, 0.4) is 0 Å². The molecule has 0 fully saturated rings. The minimum absolute atomic E-state index is 0.137. The summed E-state index contributed by atoms with van der Waals surface area (Å²) in [5.74, 6) is 1.12. The van der Waals surface area contributed by atoms with Crippen LogP contribution >= 0.6 is 39.0 Å². The van der Waals surface area contributed by atoms with Crippen LogP contribution in [0.4, 0.5) is 5.13 Å². The number of rotatable bonds is 8. The number of carbonyl (C=O) groups excluding carboxylic acids is 1. The van der Waals surface area contributed by atoms with Gasteiger partial charge in [-0.05, 0) is 43.3 Å². The van der Waals surface area contributed by atoms with Crippen molar-refractivity contribution in [1.29, 1.82) is 0 Å². The predicted octanol–water partition coefficient (Wildman–Crippen LogP) is 5.75. The van der Waals surface area contributed by atoms with Gasteiger partial charge in [-0.15, -0.1) is 21.5 Å². The number of anilines is 1. The summed E-state index contributed by atoms with van der Waals surface area (Å²) in [5, 5.41) is 13.6. The maximum atomic E-state index is 12.3.